The quantitative estimate of drug-likeness (QED) is 0.638. The molecule has 8 heteroatoms. The van der Waals surface area contributed by atoms with Gasteiger partial charge in [0.15, 0.2) is 11.5 Å². The van der Waals surface area contributed by atoms with Crippen molar-refractivity contribution in [3.8, 4) is 23.1 Å². The van der Waals surface area contributed by atoms with Crippen molar-refractivity contribution in [3.05, 3.63) is 48.4 Å². The predicted molar refractivity (Wildman–Crippen MR) is 100 cm³/mol. The Balaban J connectivity index is 1.52. The first-order chi connectivity index (χ1) is 13.2. The summed E-state index contributed by atoms with van der Waals surface area (Å²) in [5.41, 5.74) is 8.02. The Hall–Kier alpha value is -3.44. The van der Waals surface area contributed by atoms with E-state index in [1.807, 2.05) is 36.4 Å². The highest BCUT2D eigenvalue weighted by atomic mass is 16.5. The van der Waals surface area contributed by atoms with E-state index in [4.69, 9.17) is 15.7 Å². The zero-order valence-corrected chi connectivity index (χ0v) is 14.6. The number of ether oxygens (including phenoxy) is 1. The van der Waals surface area contributed by atoms with Gasteiger partial charge in [-0.05, 0) is 31.4 Å². The van der Waals surface area contributed by atoms with Crippen LogP contribution >= 0.6 is 0 Å². The number of aromatic nitrogens is 4. The van der Waals surface area contributed by atoms with Gasteiger partial charge in [0.05, 0.1) is 18.1 Å². The summed E-state index contributed by atoms with van der Waals surface area (Å²) in [5, 5.41) is 19.1. The summed E-state index contributed by atoms with van der Waals surface area (Å²) < 4.78 is 6.18. The van der Waals surface area contributed by atoms with Gasteiger partial charge in [-0.25, -0.2) is 9.97 Å². The summed E-state index contributed by atoms with van der Waals surface area (Å²) in [5.74, 6) is 1.92. The maximum atomic E-state index is 8.78. The number of para-hydroxylation sites is 1. The highest BCUT2D eigenvalue weighted by molar-refractivity contribution is 5.70. The summed E-state index contributed by atoms with van der Waals surface area (Å²) in [6.07, 6.45) is 5.90. The second-order valence-electron chi connectivity index (χ2n) is 6.50. The molecule has 136 valence electrons. The summed E-state index contributed by atoms with van der Waals surface area (Å²) in [6.45, 7) is 0. The van der Waals surface area contributed by atoms with Crippen LogP contribution in [0.5, 0.6) is 5.75 Å². The topological polar surface area (TPSA) is 126 Å². The van der Waals surface area contributed by atoms with Crippen molar-refractivity contribution in [2.24, 2.45) is 5.73 Å². The number of hydrogen-bond donors (Lipinski definition) is 3. The van der Waals surface area contributed by atoms with Crippen LogP contribution in [0.15, 0.2) is 42.7 Å². The van der Waals surface area contributed by atoms with E-state index in [1.165, 1.54) is 12.4 Å². The van der Waals surface area contributed by atoms with Gasteiger partial charge in [0, 0.05) is 17.7 Å². The van der Waals surface area contributed by atoms with Crippen molar-refractivity contribution in [2.75, 3.05) is 5.32 Å². The zero-order chi connectivity index (χ0) is 18.6. The van der Waals surface area contributed by atoms with Crippen LogP contribution in [0.25, 0.3) is 11.3 Å². The molecule has 2 aromatic heterocycles. The third-order valence-corrected chi connectivity index (χ3v) is 4.50. The molecule has 1 aliphatic rings. The lowest BCUT2D eigenvalue weighted by atomic mass is 10.1. The molecule has 1 fully saturated rings. The maximum Gasteiger partial charge on any atom is 0.158 e. The Kier molecular flexibility index (Phi) is 4.68. The normalized spacial score (nSPS) is 18.8. The Morgan fingerprint density at radius 1 is 1.19 bits per heavy atom. The number of nitriles is 1. The minimum absolute atomic E-state index is 0.149. The molecule has 1 aliphatic carbocycles. The van der Waals surface area contributed by atoms with E-state index in [0.29, 0.717) is 11.6 Å². The fourth-order valence-corrected chi connectivity index (χ4v) is 3.16. The largest absolute Gasteiger partial charge is 0.490 e. The van der Waals surface area contributed by atoms with Crippen LogP contribution in [0, 0.1) is 11.3 Å². The molecule has 0 radical (unpaired) electrons. The Morgan fingerprint density at radius 3 is 2.81 bits per heavy atom. The molecular weight excluding hydrogens is 342 g/mol. The summed E-state index contributed by atoms with van der Waals surface area (Å²) in [7, 11) is 0. The highest BCUT2D eigenvalue weighted by Crippen LogP contribution is 2.33. The van der Waals surface area contributed by atoms with Gasteiger partial charge in [0.1, 0.15) is 23.7 Å². The number of rotatable bonds is 5. The van der Waals surface area contributed by atoms with Crippen molar-refractivity contribution >= 4 is 11.6 Å². The number of H-pyrrole nitrogens is 1. The molecule has 2 heterocycles. The van der Waals surface area contributed by atoms with Crippen LogP contribution < -0.4 is 15.8 Å². The van der Waals surface area contributed by atoms with Crippen molar-refractivity contribution in [1.82, 2.24) is 20.2 Å². The Morgan fingerprint density at radius 2 is 2.07 bits per heavy atom. The first-order valence-electron chi connectivity index (χ1n) is 8.77. The number of nitrogens with zero attached hydrogens (tertiary/aromatic N) is 4. The van der Waals surface area contributed by atoms with E-state index >= 15 is 0 Å². The number of anilines is 2. The van der Waals surface area contributed by atoms with Crippen LogP contribution in [0.2, 0.25) is 0 Å². The van der Waals surface area contributed by atoms with Gasteiger partial charge in [-0.1, -0.05) is 12.1 Å². The van der Waals surface area contributed by atoms with E-state index in [0.717, 1.165) is 36.3 Å². The van der Waals surface area contributed by atoms with E-state index in [2.05, 4.69) is 25.5 Å². The summed E-state index contributed by atoms with van der Waals surface area (Å²) >= 11 is 0. The van der Waals surface area contributed by atoms with Crippen molar-refractivity contribution in [3.63, 3.8) is 0 Å². The first kappa shape index (κ1) is 17.0. The molecule has 0 spiro atoms. The van der Waals surface area contributed by atoms with Gasteiger partial charge in [-0.2, -0.15) is 10.4 Å². The molecule has 0 unspecified atom stereocenters. The first-order valence-corrected chi connectivity index (χ1v) is 8.77. The molecular formula is C19H19N7O. The molecule has 1 aromatic carbocycles. The van der Waals surface area contributed by atoms with Crippen LogP contribution in [0.3, 0.4) is 0 Å². The lowest BCUT2D eigenvalue weighted by molar-refractivity contribution is 0.209. The molecule has 2 atom stereocenters. The molecule has 0 bridgehead atoms. The predicted octanol–water partition coefficient (Wildman–Crippen LogP) is 2.74. The van der Waals surface area contributed by atoms with Crippen molar-refractivity contribution in [1.29, 1.82) is 5.26 Å². The van der Waals surface area contributed by atoms with E-state index < -0.39 is 0 Å². The van der Waals surface area contributed by atoms with Crippen LogP contribution in [-0.2, 0) is 0 Å². The lowest BCUT2D eigenvalue weighted by Crippen LogP contribution is -2.19. The molecule has 4 N–H and O–H groups in total. The van der Waals surface area contributed by atoms with Crippen LogP contribution in [0.1, 0.15) is 25.0 Å². The van der Waals surface area contributed by atoms with Gasteiger partial charge in [0.2, 0.25) is 0 Å². The fraction of sp³-hybridized carbons (Fsp3) is 0.263. The third-order valence-electron chi connectivity index (χ3n) is 4.50. The number of nitrogens with one attached hydrogen (secondary N) is 2. The maximum absolute atomic E-state index is 8.78. The smallest absolute Gasteiger partial charge is 0.158 e. The van der Waals surface area contributed by atoms with Gasteiger partial charge < -0.3 is 15.8 Å². The lowest BCUT2D eigenvalue weighted by Gasteiger charge is -2.16. The second-order valence-corrected chi connectivity index (χ2v) is 6.50. The Bertz CT molecular complexity index is 961. The number of benzene rings is 1. The monoisotopic (exact) mass is 361 g/mol. The number of nitrogens with two attached hydrogens (primary N) is 1. The number of aromatic amines is 1. The molecule has 1 saturated carbocycles. The van der Waals surface area contributed by atoms with E-state index in [9.17, 15) is 0 Å². The van der Waals surface area contributed by atoms with Gasteiger partial charge in [-0.3, -0.25) is 5.10 Å². The van der Waals surface area contributed by atoms with Gasteiger partial charge >= 0.3 is 0 Å². The fourth-order valence-electron chi connectivity index (χ4n) is 3.16. The van der Waals surface area contributed by atoms with Crippen molar-refractivity contribution < 1.29 is 4.74 Å². The third kappa shape index (κ3) is 3.88. The second kappa shape index (κ2) is 7.43. The highest BCUT2D eigenvalue weighted by Gasteiger charge is 2.24. The minimum Gasteiger partial charge on any atom is -0.490 e. The number of hydrogen-bond acceptors (Lipinski definition) is 7. The van der Waals surface area contributed by atoms with Gasteiger partial charge in [-0.15, -0.1) is 0 Å². The van der Waals surface area contributed by atoms with Crippen LogP contribution in [-0.4, -0.2) is 32.3 Å². The van der Waals surface area contributed by atoms with Crippen molar-refractivity contribution in [2.45, 2.75) is 31.4 Å². The summed E-state index contributed by atoms with van der Waals surface area (Å²) in [6, 6.07) is 11.9. The minimum atomic E-state index is 0.149. The molecule has 4 rings (SSSR count). The SMILES string of the molecule is N#Cc1cnc(Nc2cc(-c3ccccc3O[C@H]3CC[C@H](N)C3)[nH]n2)cn1. The molecule has 0 amide bonds. The van der Waals surface area contributed by atoms with Crippen LogP contribution in [0.4, 0.5) is 11.6 Å². The standard InChI is InChI=1S/C19H19N7O/c20-9-13-10-23-19(11-22-13)24-18-8-16(25-26-18)15-3-1-2-4-17(15)27-14-6-5-12(21)7-14/h1-4,8,10-12,14H,5-7,21H2,(H2,23,24,25,26)/t12-,14-/m0/s1. The zero-order valence-electron chi connectivity index (χ0n) is 14.6. The molecule has 8 nitrogen and oxygen atoms in total. The summed E-state index contributed by atoms with van der Waals surface area (Å²) in [4.78, 5) is 8.11. The average molecular weight is 361 g/mol. The molecule has 3 aromatic rings. The van der Waals surface area contributed by atoms with E-state index in [1.54, 1.807) is 0 Å². The molecule has 0 saturated heterocycles. The molecule has 0 aliphatic heterocycles. The Labute approximate surface area is 156 Å². The van der Waals surface area contributed by atoms with Gasteiger partial charge in [0.25, 0.3) is 0 Å². The molecule has 27 heavy (non-hydrogen) atoms. The average Bonchev–Trinajstić information content (AvgIpc) is 3.32. The van der Waals surface area contributed by atoms with E-state index in [-0.39, 0.29) is 17.8 Å².